The molecule has 0 saturated carbocycles. The van der Waals surface area contributed by atoms with Crippen molar-refractivity contribution in [2.24, 2.45) is 0 Å². The molecule has 1 N–H and O–H groups in total. The number of carboxylic acids is 1. The van der Waals surface area contributed by atoms with Gasteiger partial charge in [0.05, 0.1) is 6.61 Å². The third-order valence-electron chi connectivity index (χ3n) is 0.601. The molecule has 0 bridgehead atoms. The minimum absolute atomic E-state index is 0. The van der Waals surface area contributed by atoms with E-state index < -0.39 is 18.4 Å². The van der Waals surface area contributed by atoms with Crippen molar-refractivity contribution in [2.45, 2.75) is 13.3 Å². The second-order valence-corrected chi connectivity index (χ2v) is 1.38. The molecule has 5 heteroatoms. The Labute approximate surface area is 88.5 Å². The first-order chi connectivity index (χ1) is 4.16. The van der Waals surface area contributed by atoms with E-state index in [1.807, 2.05) is 0 Å². The van der Waals surface area contributed by atoms with Gasteiger partial charge in [-0.15, -0.1) is 0 Å². The Kier molecular flexibility index (Phi) is 9.38. The van der Waals surface area contributed by atoms with Crippen molar-refractivity contribution in [1.82, 2.24) is 0 Å². The molecule has 4 nitrogen and oxygen atoms in total. The molecule has 0 unspecified atom stereocenters. The zero-order valence-electron chi connectivity index (χ0n) is 5.09. The van der Waals surface area contributed by atoms with Crippen molar-refractivity contribution in [3.8, 4) is 0 Å². The van der Waals surface area contributed by atoms with E-state index in [0.717, 1.165) is 0 Å². The van der Waals surface area contributed by atoms with Crippen LogP contribution in [-0.2, 0) is 14.3 Å². The third kappa shape index (κ3) is 8.20. The monoisotopic (exact) mass is 174 g/mol. The van der Waals surface area contributed by atoms with E-state index in [2.05, 4.69) is 4.74 Å². The fraction of sp³-hybridized carbons (Fsp3) is 0.600. The summed E-state index contributed by atoms with van der Waals surface area (Å²) >= 11 is 0. The zero-order chi connectivity index (χ0) is 7.28. The first kappa shape index (κ1) is 12.8. The summed E-state index contributed by atoms with van der Waals surface area (Å²) in [6.45, 7) is 1.85. The molecule has 0 fully saturated rings. The molecule has 0 saturated heterocycles. The molecule has 0 aliphatic carbocycles. The summed E-state index contributed by atoms with van der Waals surface area (Å²) in [6.07, 6.45) is -0.548. The molecular weight excluding hydrogens is 164 g/mol. The summed E-state index contributed by atoms with van der Waals surface area (Å²) in [5, 5.41) is 8.01. The van der Waals surface area contributed by atoms with E-state index >= 15 is 0 Å². The number of carbonyl (C=O) groups excluding carboxylic acids is 1. The van der Waals surface area contributed by atoms with Gasteiger partial charge in [-0.2, -0.15) is 0 Å². The van der Waals surface area contributed by atoms with Crippen molar-refractivity contribution in [1.29, 1.82) is 0 Å². The molecule has 0 aromatic heterocycles. The second kappa shape index (κ2) is 7.31. The van der Waals surface area contributed by atoms with Gasteiger partial charge in [-0.25, -0.2) is 0 Å². The molecular formula is C5H10CaO4. The Morgan fingerprint density at radius 3 is 2.30 bits per heavy atom. The standard InChI is InChI=1S/C5H8O4.Ca.2H/c1-2-9-5(8)3-4(6)7;;;/h2-3H2,1H3,(H,6,7);;;. The van der Waals surface area contributed by atoms with Crippen LogP contribution in [0.15, 0.2) is 0 Å². The molecule has 0 aliphatic heterocycles. The third-order valence-corrected chi connectivity index (χ3v) is 0.601. The van der Waals surface area contributed by atoms with Crippen molar-refractivity contribution < 1.29 is 19.4 Å². The Morgan fingerprint density at radius 1 is 1.50 bits per heavy atom. The summed E-state index contributed by atoms with van der Waals surface area (Å²) in [5.74, 6) is -1.85. The fourth-order valence-electron chi connectivity index (χ4n) is 0.335. The summed E-state index contributed by atoms with van der Waals surface area (Å²) in [6, 6.07) is 0. The Bertz CT molecular complexity index is 123. The first-order valence-corrected chi connectivity index (χ1v) is 2.54. The molecule has 0 heterocycles. The normalized spacial score (nSPS) is 7.70. The molecule has 0 aromatic carbocycles. The maximum atomic E-state index is 10.3. The van der Waals surface area contributed by atoms with Crippen LogP contribution in [0.1, 0.15) is 13.3 Å². The van der Waals surface area contributed by atoms with Gasteiger partial charge in [0.1, 0.15) is 6.42 Å². The van der Waals surface area contributed by atoms with Gasteiger partial charge in [0.25, 0.3) is 0 Å². The number of aliphatic carboxylic acids is 1. The Balaban J connectivity index is 0. The van der Waals surface area contributed by atoms with E-state index in [4.69, 9.17) is 5.11 Å². The predicted octanol–water partition coefficient (Wildman–Crippen LogP) is -0.892. The van der Waals surface area contributed by atoms with Gasteiger partial charge in [0, 0.05) is 0 Å². The van der Waals surface area contributed by atoms with Crippen LogP contribution in [0, 0.1) is 0 Å². The van der Waals surface area contributed by atoms with Crippen molar-refractivity contribution in [3.63, 3.8) is 0 Å². The van der Waals surface area contributed by atoms with Crippen LogP contribution in [0.4, 0.5) is 0 Å². The first-order valence-electron chi connectivity index (χ1n) is 2.54. The van der Waals surface area contributed by atoms with E-state index in [-0.39, 0.29) is 44.3 Å². The van der Waals surface area contributed by atoms with Crippen LogP contribution in [0.25, 0.3) is 0 Å². The number of rotatable bonds is 3. The average molecular weight is 174 g/mol. The predicted molar refractivity (Wildman–Crippen MR) is 37.4 cm³/mol. The van der Waals surface area contributed by atoms with Crippen LogP contribution in [0.2, 0.25) is 0 Å². The van der Waals surface area contributed by atoms with Crippen LogP contribution in [0.5, 0.6) is 0 Å². The minimum atomic E-state index is -1.16. The zero-order valence-corrected chi connectivity index (χ0v) is 5.09. The van der Waals surface area contributed by atoms with Crippen molar-refractivity contribution in [2.75, 3.05) is 6.61 Å². The van der Waals surface area contributed by atoms with Crippen molar-refractivity contribution in [3.05, 3.63) is 0 Å². The summed E-state index contributed by atoms with van der Waals surface area (Å²) < 4.78 is 4.33. The number of hydrogen-bond donors (Lipinski definition) is 1. The summed E-state index contributed by atoms with van der Waals surface area (Å²) in [5.41, 5.74) is 0. The van der Waals surface area contributed by atoms with Crippen LogP contribution >= 0.6 is 0 Å². The number of carbonyl (C=O) groups is 2. The van der Waals surface area contributed by atoms with Crippen molar-refractivity contribution >= 4 is 49.7 Å². The molecule has 0 amide bonds. The Morgan fingerprint density at radius 2 is 2.00 bits per heavy atom. The van der Waals surface area contributed by atoms with Gasteiger partial charge in [-0.05, 0) is 6.92 Å². The van der Waals surface area contributed by atoms with Gasteiger partial charge in [-0.3, -0.25) is 9.59 Å². The van der Waals surface area contributed by atoms with Gasteiger partial charge in [0.2, 0.25) is 0 Å². The Hall–Kier alpha value is 0.200. The number of hydrogen-bond acceptors (Lipinski definition) is 3. The van der Waals surface area contributed by atoms with Crippen LogP contribution in [-0.4, -0.2) is 61.4 Å². The van der Waals surface area contributed by atoms with Crippen LogP contribution < -0.4 is 0 Å². The molecule has 0 spiro atoms. The number of esters is 1. The molecule has 0 rings (SSSR count). The van der Waals surface area contributed by atoms with Gasteiger partial charge in [-0.1, -0.05) is 0 Å². The molecule has 0 aromatic rings. The molecule has 56 valence electrons. The molecule has 0 atom stereocenters. The SMILES string of the molecule is CCOC(=O)CC(=O)O.[CaH2]. The van der Waals surface area contributed by atoms with E-state index in [1.165, 1.54) is 0 Å². The van der Waals surface area contributed by atoms with E-state index in [9.17, 15) is 9.59 Å². The molecule has 10 heavy (non-hydrogen) atoms. The molecule has 0 aliphatic rings. The van der Waals surface area contributed by atoms with Gasteiger partial charge in [0.15, 0.2) is 0 Å². The second-order valence-electron chi connectivity index (χ2n) is 1.38. The quantitative estimate of drug-likeness (QED) is 0.342. The van der Waals surface area contributed by atoms with Gasteiger partial charge < -0.3 is 9.84 Å². The average Bonchev–Trinajstić information content (AvgIpc) is 1.63. The van der Waals surface area contributed by atoms with Crippen LogP contribution in [0.3, 0.4) is 0 Å². The summed E-state index contributed by atoms with van der Waals surface area (Å²) in [7, 11) is 0. The fourth-order valence-corrected chi connectivity index (χ4v) is 0.335. The van der Waals surface area contributed by atoms with E-state index in [0.29, 0.717) is 0 Å². The topological polar surface area (TPSA) is 63.6 Å². The summed E-state index contributed by atoms with van der Waals surface area (Å²) in [4.78, 5) is 20.0. The van der Waals surface area contributed by atoms with E-state index in [1.54, 1.807) is 6.92 Å². The number of ether oxygens (including phenoxy) is 1. The molecule has 0 radical (unpaired) electrons. The number of carboxylic acid groups (broad SMARTS) is 1. The van der Waals surface area contributed by atoms with Gasteiger partial charge >= 0.3 is 49.7 Å². The maximum absolute atomic E-state index is 10.3.